The van der Waals surface area contributed by atoms with E-state index in [1.54, 1.807) is 36.4 Å². The number of halogens is 2. The Bertz CT molecular complexity index is 989. The molecule has 1 aromatic heterocycles. The lowest BCUT2D eigenvalue weighted by Crippen LogP contribution is -2.17. The SMILES string of the molecule is O=C(Nc1cc2c(cc1Br)OCCO2)c1cc(-c2cccc(Cl)c2)on1. The molecule has 0 fully saturated rings. The molecule has 6 nitrogen and oxygen atoms in total. The number of hydrogen-bond donors (Lipinski definition) is 1. The molecule has 0 saturated heterocycles. The Morgan fingerprint density at radius 3 is 2.65 bits per heavy atom. The summed E-state index contributed by atoms with van der Waals surface area (Å²) in [6.07, 6.45) is 0. The van der Waals surface area contributed by atoms with E-state index in [1.165, 1.54) is 0 Å². The van der Waals surface area contributed by atoms with Crippen LogP contribution in [0, 0.1) is 0 Å². The Morgan fingerprint density at radius 1 is 1.12 bits per heavy atom. The van der Waals surface area contributed by atoms with Gasteiger partial charge in [0.25, 0.3) is 5.91 Å². The predicted molar refractivity (Wildman–Crippen MR) is 100 cm³/mol. The highest BCUT2D eigenvalue weighted by Gasteiger charge is 2.19. The zero-order chi connectivity index (χ0) is 18.1. The van der Waals surface area contributed by atoms with Crippen molar-refractivity contribution in [3.63, 3.8) is 0 Å². The molecular weight excluding hydrogens is 424 g/mol. The summed E-state index contributed by atoms with van der Waals surface area (Å²) in [4.78, 5) is 12.5. The van der Waals surface area contributed by atoms with Crippen molar-refractivity contribution >= 4 is 39.1 Å². The second-order valence-electron chi connectivity index (χ2n) is 5.52. The fraction of sp³-hybridized carbons (Fsp3) is 0.111. The summed E-state index contributed by atoms with van der Waals surface area (Å²) in [5.41, 5.74) is 1.44. The minimum absolute atomic E-state index is 0.154. The number of aromatic nitrogens is 1. The number of carbonyl (C=O) groups is 1. The Labute approximate surface area is 162 Å². The molecule has 4 rings (SSSR count). The van der Waals surface area contributed by atoms with E-state index in [0.717, 1.165) is 5.56 Å². The van der Waals surface area contributed by atoms with Crippen molar-refractivity contribution in [1.82, 2.24) is 5.16 Å². The molecule has 1 aliphatic heterocycles. The monoisotopic (exact) mass is 434 g/mol. The Morgan fingerprint density at radius 2 is 1.88 bits per heavy atom. The quantitative estimate of drug-likeness (QED) is 0.641. The highest BCUT2D eigenvalue weighted by atomic mass is 79.9. The van der Waals surface area contributed by atoms with E-state index >= 15 is 0 Å². The van der Waals surface area contributed by atoms with Crippen molar-refractivity contribution < 1.29 is 18.8 Å². The number of nitrogens with zero attached hydrogens (tertiary/aromatic N) is 1. The van der Waals surface area contributed by atoms with Gasteiger partial charge < -0.3 is 19.3 Å². The first-order valence-corrected chi connectivity index (χ1v) is 8.90. The average molecular weight is 436 g/mol. The number of fused-ring (bicyclic) bond motifs is 1. The standard InChI is InChI=1S/C18H12BrClN2O4/c19-12-7-16-17(25-5-4-24-16)8-13(12)21-18(23)14-9-15(26-22-14)10-2-1-3-11(20)6-10/h1-3,6-9H,4-5H2,(H,21,23). The summed E-state index contributed by atoms with van der Waals surface area (Å²) in [6.45, 7) is 0.963. The molecule has 1 aliphatic rings. The van der Waals surface area contributed by atoms with Gasteiger partial charge in [-0.05, 0) is 28.1 Å². The number of amides is 1. The molecule has 0 spiro atoms. The minimum Gasteiger partial charge on any atom is -0.486 e. The zero-order valence-corrected chi connectivity index (χ0v) is 15.6. The molecule has 3 aromatic rings. The zero-order valence-electron chi connectivity index (χ0n) is 13.3. The van der Waals surface area contributed by atoms with Crippen LogP contribution in [0.5, 0.6) is 11.5 Å². The topological polar surface area (TPSA) is 73.6 Å². The van der Waals surface area contributed by atoms with E-state index in [1.807, 2.05) is 6.07 Å². The fourth-order valence-electron chi connectivity index (χ4n) is 2.51. The molecule has 0 aliphatic carbocycles. The molecule has 1 N–H and O–H groups in total. The van der Waals surface area contributed by atoms with Crippen LogP contribution in [0.4, 0.5) is 5.69 Å². The van der Waals surface area contributed by atoms with Gasteiger partial charge in [0.05, 0.1) is 5.69 Å². The van der Waals surface area contributed by atoms with E-state index in [0.29, 0.717) is 45.7 Å². The molecule has 1 amide bonds. The lowest BCUT2D eigenvalue weighted by Gasteiger charge is -2.19. The van der Waals surface area contributed by atoms with Gasteiger partial charge in [0, 0.05) is 33.3 Å². The van der Waals surface area contributed by atoms with Crippen molar-refractivity contribution in [2.45, 2.75) is 0 Å². The second kappa shape index (κ2) is 7.01. The van der Waals surface area contributed by atoms with E-state index in [9.17, 15) is 4.79 Å². The van der Waals surface area contributed by atoms with Gasteiger partial charge in [-0.1, -0.05) is 28.9 Å². The number of rotatable bonds is 3. The average Bonchev–Trinajstić information content (AvgIpc) is 3.13. The molecule has 26 heavy (non-hydrogen) atoms. The van der Waals surface area contributed by atoms with Crippen molar-refractivity contribution in [1.29, 1.82) is 0 Å². The molecule has 2 heterocycles. The summed E-state index contributed by atoms with van der Waals surface area (Å²) in [5.74, 6) is 1.26. The van der Waals surface area contributed by atoms with E-state index < -0.39 is 5.91 Å². The molecule has 132 valence electrons. The van der Waals surface area contributed by atoms with Gasteiger partial charge in [-0.3, -0.25) is 4.79 Å². The number of benzene rings is 2. The van der Waals surface area contributed by atoms with E-state index in [2.05, 4.69) is 26.4 Å². The molecule has 0 atom stereocenters. The van der Waals surface area contributed by atoms with Crippen LogP contribution >= 0.6 is 27.5 Å². The van der Waals surface area contributed by atoms with E-state index in [-0.39, 0.29) is 5.69 Å². The predicted octanol–water partition coefficient (Wildman–Crippen LogP) is 4.78. The number of anilines is 1. The second-order valence-corrected chi connectivity index (χ2v) is 6.81. The highest BCUT2D eigenvalue weighted by Crippen LogP contribution is 2.38. The fourth-order valence-corrected chi connectivity index (χ4v) is 3.12. The van der Waals surface area contributed by atoms with Crippen LogP contribution < -0.4 is 14.8 Å². The highest BCUT2D eigenvalue weighted by molar-refractivity contribution is 9.10. The maximum Gasteiger partial charge on any atom is 0.277 e. The van der Waals surface area contributed by atoms with Gasteiger partial charge in [-0.25, -0.2) is 0 Å². The van der Waals surface area contributed by atoms with Gasteiger partial charge in [-0.2, -0.15) is 0 Å². The maximum absolute atomic E-state index is 12.5. The van der Waals surface area contributed by atoms with Crippen LogP contribution in [0.15, 0.2) is 51.5 Å². The van der Waals surface area contributed by atoms with Gasteiger partial charge in [0.15, 0.2) is 23.0 Å². The number of hydrogen-bond acceptors (Lipinski definition) is 5. The maximum atomic E-state index is 12.5. The lowest BCUT2D eigenvalue weighted by atomic mass is 10.1. The summed E-state index contributed by atoms with van der Waals surface area (Å²) < 4.78 is 17.0. The molecular formula is C18H12BrClN2O4. The van der Waals surface area contributed by atoms with Crippen LogP contribution in [-0.4, -0.2) is 24.3 Å². The van der Waals surface area contributed by atoms with Crippen molar-refractivity contribution in [2.75, 3.05) is 18.5 Å². The van der Waals surface area contributed by atoms with Gasteiger partial charge in [0.1, 0.15) is 13.2 Å². The number of nitrogens with one attached hydrogen (secondary N) is 1. The Kier molecular flexibility index (Phi) is 4.57. The molecule has 0 bridgehead atoms. The lowest BCUT2D eigenvalue weighted by molar-refractivity contribution is 0.101. The normalized spacial score (nSPS) is 12.7. The van der Waals surface area contributed by atoms with Crippen LogP contribution in [-0.2, 0) is 0 Å². The molecule has 8 heteroatoms. The third-order valence-electron chi connectivity index (χ3n) is 3.73. The van der Waals surface area contributed by atoms with Crippen molar-refractivity contribution in [3.05, 3.63) is 57.7 Å². The summed E-state index contributed by atoms with van der Waals surface area (Å²) in [7, 11) is 0. The first kappa shape index (κ1) is 16.9. The van der Waals surface area contributed by atoms with Crippen LogP contribution in [0.1, 0.15) is 10.5 Å². The molecule has 0 unspecified atom stereocenters. The molecule has 0 radical (unpaired) electrons. The summed E-state index contributed by atoms with van der Waals surface area (Å²) in [6, 6.07) is 12.1. The van der Waals surface area contributed by atoms with Crippen LogP contribution in [0.3, 0.4) is 0 Å². The van der Waals surface area contributed by atoms with Crippen molar-refractivity contribution in [3.8, 4) is 22.8 Å². The van der Waals surface area contributed by atoms with Crippen molar-refractivity contribution in [2.24, 2.45) is 0 Å². The largest absolute Gasteiger partial charge is 0.486 e. The number of ether oxygens (including phenoxy) is 2. The Balaban J connectivity index is 1.56. The number of carbonyl (C=O) groups excluding carboxylic acids is 1. The van der Waals surface area contributed by atoms with Crippen LogP contribution in [0.2, 0.25) is 5.02 Å². The third kappa shape index (κ3) is 3.40. The summed E-state index contributed by atoms with van der Waals surface area (Å²) >= 11 is 9.40. The molecule has 0 saturated carbocycles. The van der Waals surface area contributed by atoms with Gasteiger partial charge >= 0.3 is 0 Å². The third-order valence-corrected chi connectivity index (χ3v) is 4.62. The van der Waals surface area contributed by atoms with Crippen LogP contribution in [0.25, 0.3) is 11.3 Å². The van der Waals surface area contributed by atoms with Gasteiger partial charge in [-0.15, -0.1) is 0 Å². The first-order valence-electron chi connectivity index (χ1n) is 7.73. The van der Waals surface area contributed by atoms with Gasteiger partial charge in [0.2, 0.25) is 0 Å². The smallest absolute Gasteiger partial charge is 0.277 e. The van der Waals surface area contributed by atoms with E-state index in [4.69, 9.17) is 25.6 Å². The Hall–Kier alpha value is -2.51. The minimum atomic E-state index is -0.403. The first-order chi connectivity index (χ1) is 12.6. The molecule has 2 aromatic carbocycles. The summed E-state index contributed by atoms with van der Waals surface area (Å²) in [5, 5.41) is 7.19.